The number of hydrogen-bond acceptors (Lipinski definition) is 3. The first-order valence-electron chi connectivity index (χ1n) is 10.8. The Hall–Kier alpha value is -4.32. The lowest BCUT2D eigenvalue weighted by molar-refractivity contribution is -0.130. The maximum atomic E-state index is 12.1. The Morgan fingerprint density at radius 1 is 0.697 bits per heavy atom. The Labute approximate surface area is 192 Å². The molecule has 0 saturated carbocycles. The molecule has 0 atom stereocenters. The summed E-state index contributed by atoms with van der Waals surface area (Å²) in [6.45, 7) is -0.207. The Morgan fingerprint density at radius 2 is 1.33 bits per heavy atom. The largest absolute Gasteiger partial charge is 0.483 e. The standard InChI is InChI=1S/C27H25N3O3/c31-26(18-16-22-15-17-24(28-22)21-11-5-2-6-12-21)29-30-27(32)19-33-25-14-8-7-13-23(25)20-9-3-1-4-10-20/h1-15,17,28H,16,18-19H2,(H,29,31)(H,30,32). The molecule has 1 aromatic heterocycles. The van der Waals surface area contributed by atoms with Crippen LogP contribution in [-0.2, 0) is 16.0 Å². The number of carbonyl (C=O) groups is 2. The molecule has 6 heteroatoms. The van der Waals surface area contributed by atoms with E-state index in [1.807, 2.05) is 97.1 Å². The molecule has 0 aliphatic carbocycles. The van der Waals surface area contributed by atoms with Gasteiger partial charge in [-0.1, -0.05) is 78.9 Å². The van der Waals surface area contributed by atoms with Crippen LogP contribution in [0.25, 0.3) is 22.4 Å². The number of nitrogens with one attached hydrogen (secondary N) is 3. The van der Waals surface area contributed by atoms with Crippen molar-refractivity contribution in [3.63, 3.8) is 0 Å². The molecule has 33 heavy (non-hydrogen) atoms. The average Bonchev–Trinajstić information content (AvgIpc) is 3.35. The quantitative estimate of drug-likeness (QED) is 0.353. The van der Waals surface area contributed by atoms with Crippen LogP contribution in [0.4, 0.5) is 0 Å². The van der Waals surface area contributed by atoms with Crippen LogP contribution in [0.15, 0.2) is 97.1 Å². The molecule has 0 aliphatic heterocycles. The average molecular weight is 440 g/mol. The third kappa shape index (κ3) is 6.11. The highest BCUT2D eigenvalue weighted by molar-refractivity contribution is 5.83. The second-order valence-corrected chi connectivity index (χ2v) is 7.51. The maximum absolute atomic E-state index is 12.1. The molecule has 2 amide bonds. The minimum absolute atomic E-state index is 0.207. The number of carbonyl (C=O) groups excluding carboxylic acids is 2. The number of ether oxygens (including phenoxy) is 1. The van der Waals surface area contributed by atoms with Gasteiger partial charge in [0.1, 0.15) is 5.75 Å². The van der Waals surface area contributed by atoms with Crippen LogP contribution >= 0.6 is 0 Å². The van der Waals surface area contributed by atoms with E-state index in [0.717, 1.165) is 28.1 Å². The zero-order valence-corrected chi connectivity index (χ0v) is 18.1. The van der Waals surface area contributed by atoms with Crippen molar-refractivity contribution in [3.8, 4) is 28.1 Å². The van der Waals surface area contributed by atoms with E-state index in [-0.39, 0.29) is 18.9 Å². The van der Waals surface area contributed by atoms with Gasteiger partial charge in [-0.2, -0.15) is 0 Å². The van der Waals surface area contributed by atoms with Gasteiger partial charge < -0.3 is 9.72 Å². The highest BCUT2D eigenvalue weighted by atomic mass is 16.5. The molecule has 0 saturated heterocycles. The molecule has 4 aromatic rings. The van der Waals surface area contributed by atoms with Crippen molar-refractivity contribution in [1.82, 2.24) is 15.8 Å². The Morgan fingerprint density at radius 3 is 2.09 bits per heavy atom. The van der Waals surface area contributed by atoms with E-state index >= 15 is 0 Å². The number of hydrazine groups is 1. The van der Waals surface area contributed by atoms with Crippen LogP contribution in [0.2, 0.25) is 0 Å². The fourth-order valence-electron chi connectivity index (χ4n) is 3.45. The highest BCUT2D eigenvalue weighted by Gasteiger charge is 2.10. The molecule has 166 valence electrons. The van der Waals surface area contributed by atoms with Crippen LogP contribution in [0.3, 0.4) is 0 Å². The molecule has 4 rings (SSSR count). The summed E-state index contributed by atoms with van der Waals surface area (Å²) in [5.74, 6) is -0.104. The first-order chi connectivity index (χ1) is 16.2. The number of aromatic amines is 1. The van der Waals surface area contributed by atoms with Crippen molar-refractivity contribution >= 4 is 11.8 Å². The van der Waals surface area contributed by atoms with Crippen molar-refractivity contribution in [1.29, 1.82) is 0 Å². The molecular weight excluding hydrogens is 414 g/mol. The summed E-state index contributed by atoms with van der Waals surface area (Å²) in [7, 11) is 0. The molecule has 0 spiro atoms. The van der Waals surface area contributed by atoms with Gasteiger partial charge in [0, 0.05) is 23.4 Å². The van der Waals surface area contributed by atoms with Gasteiger partial charge in [-0.05, 0) is 35.7 Å². The smallest absolute Gasteiger partial charge is 0.276 e. The summed E-state index contributed by atoms with van der Waals surface area (Å²) in [5, 5.41) is 0. The number of amides is 2. The van der Waals surface area contributed by atoms with Gasteiger partial charge in [-0.3, -0.25) is 20.4 Å². The fraction of sp³-hybridized carbons (Fsp3) is 0.111. The van der Waals surface area contributed by atoms with Crippen molar-refractivity contribution < 1.29 is 14.3 Å². The van der Waals surface area contributed by atoms with Crippen LogP contribution in [0.1, 0.15) is 12.1 Å². The van der Waals surface area contributed by atoms with E-state index in [4.69, 9.17) is 4.74 Å². The van der Waals surface area contributed by atoms with Gasteiger partial charge in [0.25, 0.3) is 5.91 Å². The van der Waals surface area contributed by atoms with Gasteiger partial charge in [0.15, 0.2) is 6.61 Å². The topological polar surface area (TPSA) is 83.2 Å². The predicted octanol–water partition coefficient (Wildman–Crippen LogP) is 4.51. The SMILES string of the molecule is O=C(CCc1ccc(-c2ccccc2)[nH]1)NNC(=O)COc1ccccc1-c1ccccc1. The summed E-state index contributed by atoms with van der Waals surface area (Å²) in [5.41, 5.74) is 9.80. The molecule has 3 aromatic carbocycles. The lowest BCUT2D eigenvalue weighted by atomic mass is 10.1. The van der Waals surface area contributed by atoms with E-state index < -0.39 is 5.91 Å². The van der Waals surface area contributed by atoms with Gasteiger partial charge >= 0.3 is 0 Å². The zero-order valence-electron chi connectivity index (χ0n) is 18.1. The minimum atomic E-state index is -0.433. The monoisotopic (exact) mass is 439 g/mol. The summed E-state index contributed by atoms with van der Waals surface area (Å²) in [6.07, 6.45) is 0.780. The number of rotatable bonds is 8. The number of aryl methyl sites for hydroxylation is 1. The van der Waals surface area contributed by atoms with Crippen molar-refractivity contribution in [2.24, 2.45) is 0 Å². The number of para-hydroxylation sites is 1. The Balaban J connectivity index is 1.22. The Kier molecular flexibility index (Phi) is 7.18. The summed E-state index contributed by atoms with van der Waals surface area (Å²) < 4.78 is 5.69. The van der Waals surface area contributed by atoms with Crippen molar-refractivity contribution in [3.05, 3.63) is 103 Å². The minimum Gasteiger partial charge on any atom is -0.483 e. The molecular formula is C27H25N3O3. The molecule has 0 bridgehead atoms. The van der Waals surface area contributed by atoms with Crippen LogP contribution in [0.5, 0.6) is 5.75 Å². The first-order valence-corrected chi connectivity index (χ1v) is 10.8. The van der Waals surface area contributed by atoms with Gasteiger partial charge in [0.2, 0.25) is 5.91 Å². The third-order valence-electron chi connectivity index (χ3n) is 5.12. The molecule has 6 nitrogen and oxygen atoms in total. The summed E-state index contributed by atoms with van der Waals surface area (Å²) in [4.78, 5) is 27.6. The van der Waals surface area contributed by atoms with Crippen molar-refractivity contribution in [2.45, 2.75) is 12.8 Å². The second kappa shape index (κ2) is 10.8. The van der Waals surface area contributed by atoms with Crippen LogP contribution in [-0.4, -0.2) is 23.4 Å². The zero-order chi connectivity index (χ0) is 22.9. The normalized spacial score (nSPS) is 10.4. The van der Waals surface area contributed by atoms with E-state index in [2.05, 4.69) is 15.8 Å². The molecule has 0 fully saturated rings. The summed E-state index contributed by atoms with van der Waals surface area (Å²) in [6, 6.07) is 31.3. The lowest BCUT2D eigenvalue weighted by Crippen LogP contribution is -2.43. The van der Waals surface area contributed by atoms with Crippen LogP contribution < -0.4 is 15.6 Å². The second-order valence-electron chi connectivity index (χ2n) is 7.51. The molecule has 1 heterocycles. The van der Waals surface area contributed by atoms with E-state index in [1.54, 1.807) is 0 Å². The molecule has 3 N–H and O–H groups in total. The Bertz CT molecular complexity index is 1200. The summed E-state index contributed by atoms with van der Waals surface area (Å²) >= 11 is 0. The maximum Gasteiger partial charge on any atom is 0.276 e. The van der Waals surface area contributed by atoms with Crippen LogP contribution in [0, 0.1) is 0 Å². The number of aromatic nitrogens is 1. The van der Waals surface area contributed by atoms with Gasteiger partial charge in [0.05, 0.1) is 0 Å². The number of H-pyrrole nitrogens is 1. The fourth-order valence-corrected chi connectivity index (χ4v) is 3.45. The van der Waals surface area contributed by atoms with Gasteiger partial charge in [-0.25, -0.2) is 0 Å². The molecule has 0 radical (unpaired) electrons. The third-order valence-corrected chi connectivity index (χ3v) is 5.12. The van der Waals surface area contributed by atoms with E-state index in [9.17, 15) is 9.59 Å². The van der Waals surface area contributed by atoms with E-state index in [1.165, 1.54) is 0 Å². The lowest BCUT2D eigenvalue weighted by Gasteiger charge is -2.12. The predicted molar refractivity (Wildman–Crippen MR) is 128 cm³/mol. The molecule has 0 unspecified atom stereocenters. The number of hydrogen-bond donors (Lipinski definition) is 3. The first kappa shape index (κ1) is 21.9. The van der Waals surface area contributed by atoms with Crippen molar-refractivity contribution in [2.75, 3.05) is 6.61 Å². The highest BCUT2D eigenvalue weighted by Crippen LogP contribution is 2.29. The van der Waals surface area contributed by atoms with Gasteiger partial charge in [-0.15, -0.1) is 0 Å². The number of benzene rings is 3. The molecule has 0 aliphatic rings. The van der Waals surface area contributed by atoms with E-state index in [0.29, 0.717) is 12.2 Å².